The van der Waals surface area contributed by atoms with Crippen molar-refractivity contribution >= 4 is 11.5 Å². The monoisotopic (exact) mass is 300 g/mol. The van der Waals surface area contributed by atoms with Gasteiger partial charge < -0.3 is 14.4 Å². The SMILES string of the molecule is COc1ccc(CN(C)c2ccc3nnnn3n2)cc1OC. The zero-order valence-electron chi connectivity index (χ0n) is 12.6. The fourth-order valence-electron chi connectivity index (χ4n) is 2.18. The lowest BCUT2D eigenvalue weighted by Gasteiger charge is -2.18. The van der Waals surface area contributed by atoms with Gasteiger partial charge in [0.15, 0.2) is 23.0 Å². The van der Waals surface area contributed by atoms with Crippen LogP contribution in [-0.2, 0) is 6.54 Å². The molecular weight excluding hydrogens is 284 g/mol. The van der Waals surface area contributed by atoms with E-state index in [4.69, 9.17) is 9.47 Å². The molecule has 0 atom stereocenters. The van der Waals surface area contributed by atoms with Crippen LogP contribution in [0, 0.1) is 0 Å². The summed E-state index contributed by atoms with van der Waals surface area (Å²) in [5.74, 6) is 2.19. The number of aromatic nitrogens is 5. The van der Waals surface area contributed by atoms with Gasteiger partial charge in [-0.25, -0.2) is 0 Å². The highest BCUT2D eigenvalue weighted by Gasteiger charge is 2.09. The van der Waals surface area contributed by atoms with Crippen molar-refractivity contribution in [3.8, 4) is 11.5 Å². The molecule has 0 spiro atoms. The maximum Gasteiger partial charge on any atom is 0.200 e. The molecule has 1 aromatic carbocycles. The van der Waals surface area contributed by atoms with Crippen molar-refractivity contribution in [2.75, 3.05) is 26.2 Å². The van der Waals surface area contributed by atoms with Gasteiger partial charge in [-0.15, -0.1) is 14.8 Å². The zero-order valence-corrected chi connectivity index (χ0v) is 12.6. The molecule has 0 saturated heterocycles. The highest BCUT2D eigenvalue weighted by atomic mass is 16.5. The Balaban J connectivity index is 1.82. The molecule has 0 radical (unpaired) electrons. The molecule has 8 nitrogen and oxygen atoms in total. The first-order valence-electron chi connectivity index (χ1n) is 6.68. The van der Waals surface area contributed by atoms with Crippen LogP contribution in [-0.4, -0.2) is 46.5 Å². The molecule has 2 aromatic heterocycles. The minimum Gasteiger partial charge on any atom is -0.493 e. The molecule has 8 heteroatoms. The van der Waals surface area contributed by atoms with E-state index < -0.39 is 0 Å². The van der Waals surface area contributed by atoms with Gasteiger partial charge in [-0.1, -0.05) is 6.07 Å². The molecule has 2 heterocycles. The first kappa shape index (κ1) is 14.1. The molecule has 0 unspecified atom stereocenters. The van der Waals surface area contributed by atoms with Gasteiger partial charge >= 0.3 is 0 Å². The molecule has 3 rings (SSSR count). The number of anilines is 1. The third-order valence-corrected chi connectivity index (χ3v) is 3.31. The number of nitrogens with zero attached hydrogens (tertiary/aromatic N) is 6. The number of methoxy groups -OCH3 is 2. The van der Waals surface area contributed by atoms with Crippen molar-refractivity contribution in [2.45, 2.75) is 6.54 Å². The molecule has 0 saturated carbocycles. The summed E-state index contributed by atoms with van der Waals surface area (Å²) in [6, 6.07) is 9.54. The van der Waals surface area contributed by atoms with Crippen LogP contribution < -0.4 is 14.4 Å². The number of ether oxygens (including phenoxy) is 2. The van der Waals surface area contributed by atoms with Gasteiger partial charge in [-0.05, 0) is 40.3 Å². The van der Waals surface area contributed by atoms with Gasteiger partial charge in [0.05, 0.1) is 14.2 Å². The minimum atomic E-state index is 0.614. The molecule has 3 aromatic rings. The molecule has 0 bridgehead atoms. The second-order valence-corrected chi connectivity index (χ2v) is 4.76. The van der Waals surface area contributed by atoms with Gasteiger partial charge in [0, 0.05) is 13.6 Å². The van der Waals surface area contributed by atoms with Crippen LogP contribution in [0.3, 0.4) is 0 Å². The second-order valence-electron chi connectivity index (χ2n) is 4.76. The number of tetrazole rings is 1. The lowest BCUT2D eigenvalue weighted by molar-refractivity contribution is 0.354. The Bertz CT molecular complexity index is 788. The predicted octanol–water partition coefficient (Wildman–Crippen LogP) is 1.17. The Morgan fingerprint density at radius 2 is 1.91 bits per heavy atom. The van der Waals surface area contributed by atoms with Crippen LogP contribution in [0.1, 0.15) is 5.56 Å². The summed E-state index contributed by atoms with van der Waals surface area (Å²) < 4.78 is 12.0. The van der Waals surface area contributed by atoms with E-state index in [1.54, 1.807) is 14.2 Å². The Morgan fingerprint density at radius 3 is 2.68 bits per heavy atom. The average Bonchev–Trinajstić information content (AvgIpc) is 3.02. The quantitative estimate of drug-likeness (QED) is 0.700. The summed E-state index contributed by atoms with van der Waals surface area (Å²) in [5.41, 5.74) is 1.70. The second kappa shape index (κ2) is 5.84. The van der Waals surface area contributed by atoms with Gasteiger partial charge in [-0.3, -0.25) is 0 Å². The van der Waals surface area contributed by atoms with E-state index in [1.165, 1.54) is 4.63 Å². The fourth-order valence-corrected chi connectivity index (χ4v) is 2.18. The van der Waals surface area contributed by atoms with E-state index >= 15 is 0 Å². The molecule has 0 N–H and O–H groups in total. The van der Waals surface area contributed by atoms with Crippen molar-refractivity contribution in [1.82, 2.24) is 25.3 Å². The van der Waals surface area contributed by atoms with Crippen LogP contribution in [0.4, 0.5) is 5.82 Å². The predicted molar refractivity (Wildman–Crippen MR) is 80.2 cm³/mol. The lowest BCUT2D eigenvalue weighted by atomic mass is 10.2. The van der Waals surface area contributed by atoms with Crippen molar-refractivity contribution in [1.29, 1.82) is 0 Å². The number of fused-ring (bicyclic) bond motifs is 1. The number of benzene rings is 1. The number of hydrogen-bond acceptors (Lipinski definition) is 7. The van der Waals surface area contributed by atoms with Crippen molar-refractivity contribution in [3.05, 3.63) is 35.9 Å². The van der Waals surface area contributed by atoms with E-state index in [-0.39, 0.29) is 0 Å². The topological polar surface area (TPSA) is 77.7 Å². The summed E-state index contributed by atoms with van der Waals surface area (Å²) in [7, 11) is 5.20. The van der Waals surface area contributed by atoms with Gasteiger partial charge in [0.25, 0.3) is 0 Å². The van der Waals surface area contributed by atoms with Crippen molar-refractivity contribution < 1.29 is 9.47 Å². The molecule has 0 aliphatic heterocycles. The standard InChI is InChI=1S/C14H16N6O2/c1-19(14-7-6-13-15-17-18-20(13)16-14)9-10-4-5-11(21-2)12(8-10)22-3/h4-8H,9H2,1-3H3. The molecule has 0 aliphatic rings. The first-order valence-corrected chi connectivity index (χ1v) is 6.68. The highest BCUT2D eigenvalue weighted by Crippen LogP contribution is 2.28. The molecule has 114 valence electrons. The summed E-state index contributed by atoms with van der Waals surface area (Å²) in [4.78, 5) is 2.00. The largest absolute Gasteiger partial charge is 0.493 e. The van der Waals surface area contributed by atoms with Crippen LogP contribution in [0.2, 0.25) is 0 Å². The maximum atomic E-state index is 5.32. The summed E-state index contributed by atoms with van der Waals surface area (Å²) in [6.45, 7) is 0.668. The fraction of sp³-hybridized carbons (Fsp3) is 0.286. The Morgan fingerprint density at radius 1 is 1.09 bits per heavy atom. The van der Waals surface area contributed by atoms with Gasteiger partial charge in [0.2, 0.25) is 0 Å². The van der Waals surface area contributed by atoms with Crippen LogP contribution >= 0.6 is 0 Å². The van der Waals surface area contributed by atoms with Gasteiger partial charge in [-0.2, -0.15) is 0 Å². The van der Waals surface area contributed by atoms with E-state index in [0.717, 1.165) is 11.4 Å². The Labute approximate surface area is 127 Å². The minimum absolute atomic E-state index is 0.614. The number of hydrogen-bond donors (Lipinski definition) is 0. The van der Waals surface area contributed by atoms with Crippen molar-refractivity contribution in [3.63, 3.8) is 0 Å². The first-order chi connectivity index (χ1) is 10.7. The molecule has 0 fully saturated rings. The third kappa shape index (κ3) is 2.62. The third-order valence-electron chi connectivity index (χ3n) is 3.31. The average molecular weight is 300 g/mol. The van der Waals surface area contributed by atoms with E-state index in [0.29, 0.717) is 23.7 Å². The Kier molecular flexibility index (Phi) is 3.73. The number of rotatable bonds is 5. The van der Waals surface area contributed by atoms with Crippen LogP contribution in [0.15, 0.2) is 30.3 Å². The molecule has 0 amide bonds. The zero-order chi connectivity index (χ0) is 15.5. The lowest BCUT2D eigenvalue weighted by Crippen LogP contribution is -2.18. The molecular formula is C14H16N6O2. The highest BCUT2D eigenvalue weighted by molar-refractivity contribution is 5.47. The normalized spacial score (nSPS) is 10.7. The summed E-state index contributed by atoms with van der Waals surface area (Å²) in [6.07, 6.45) is 0. The van der Waals surface area contributed by atoms with Gasteiger partial charge in [0.1, 0.15) is 0 Å². The Hall–Kier alpha value is -2.90. The summed E-state index contributed by atoms with van der Waals surface area (Å²) >= 11 is 0. The molecule has 22 heavy (non-hydrogen) atoms. The van der Waals surface area contributed by atoms with Crippen molar-refractivity contribution in [2.24, 2.45) is 0 Å². The smallest absolute Gasteiger partial charge is 0.200 e. The van der Waals surface area contributed by atoms with E-state index in [9.17, 15) is 0 Å². The van der Waals surface area contributed by atoms with Crippen LogP contribution in [0.5, 0.6) is 11.5 Å². The molecule has 0 aliphatic carbocycles. The summed E-state index contributed by atoms with van der Waals surface area (Å²) in [5, 5.41) is 15.6. The maximum absolute atomic E-state index is 5.32. The van der Waals surface area contributed by atoms with E-state index in [2.05, 4.69) is 20.6 Å². The van der Waals surface area contributed by atoms with E-state index in [1.807, 2.05) is 42.3 Å². The van der Waals surface area contributed by atoms with Crippen LogP contribution in [0.25, 0.3) is 5.65 Å².